The Bertz CT molecular complexity index is 375. The zero-order valence-electron chi connectivity index (χ0n) is 11.3. The van der Waals surface area contributed by atoms with E-state index >= 15 is 0 Å². The number of nitrogens with zero attached hydrogens (tertiary/aromatic N) is 4. The molecule has 0 amide bonds. The highest BCUT2D eigenvalue weighted by atomic mass is 16.5. The van der Waals surface area contributed by atoms with E-state index in [-0.39, 0.29) is 12.0 Å². The zero-order chi connectivity index (χ0) is 13.5. The highest BCUT2D eigenvalue weighted by Crippen LogP contribution is 2.11. The Kier molecular flexibility index (Phi) is 5.10. The number of nitrogens with one attached hydrogen (secondary N) is 2. The van der Waals surface area contributed by atoms with Gasteiger partial charge in [0.05, 0.1) is 14.2 Å². The predicted molar refractivity (Wildman–Crippen MR) is 70.7 cm³/mol. The number of aromatic nitrogens is 3. The molecule has 0 saturated carbocycles. The molecule has 1 aliphatic heterocycles. The quantitative estimate of drug-likeness (QED) is 0.694. The predicted octanol–water partition coefficient (Wildman–Crippen LogP) is -0.794. The van der Waals surface area contributed by atoms with Crippen LogP contribution in [0.3, 0.4) is 0 Å². The van der Waals surface area contributed by atoms with Gasteiger partial charge in [0.1, 0.15) is 0 Å². The standard InChI is InChI=1S/C11H20N6O2/c1-18-10-14-9(15-11(16-10)19-2)13-5-8-17-6-3-12-4-7-17/h12H,3-8H2,1-2H3,(H,13,14,15,16). The first-order chi connectivity index (χ1) is 9.31. The molecule has 0 unspecified atom stereocenters. The Morgan fingerprint density at radius 2 is 1.74 bits per heavy atom. The summed E-state index contributed by atoms with van der Waals surface area (Å²) in [6.45, 7) is 5.98. The monoisotopic (exact) mass is 268 g/mol. The second-order valence-electron chi connectivity index (χ2n) is 4.15. The number of rotatable bonds is 6. The molecule has 0 aromatic carbocycles. The van der Waals surface area contributed by atoms with E-state index in [1.165, 1.54) is 14.2 Å². The summed E-state index contributed by atoms with van der Waals surface area (Å²) in [7, 11) is 3.03. The highest BCUT2D eigenvalue weighted by molar-refractivity contribution is 5.27. The van der Waals surface area contributed by atoms with Gasteiger partial charge in [0.2, 0.25) is 5.95 Å². The van der Waals surface area contributed by atoms with Crippen LogP contribution in [0.15, 0.2) is 0 Å². The molecule has 0 radical (unpaired) electrons. The van der Waals surface area contributed by atoms with Crippen molar-refractivity contribution in [2.75, 3.05) is 58.8 Å². The summed E-state index contributed by atoms with van der Waals surface area (Å²) in [5.74, 6) is 0.471. The maximum absolute atomic E-state index is 4.99. The average Bonchev–Trinajstić information content (AvgIpc) is 2.48. The van der Waals surface area contributed by atoms with E-state index in [0.717, 1.165) is 39.3 Å². The van der Waals surface area contributed by atoms with Crippen LogP contribution in [0.5, 0.6) is 12.0 Å². The molecular formula is C11H20N6O2. The van der Waals surface area contributed by atoms with Gasteiger partial charge in [-0.1, -0.05) is 0 Å². The lowest BCUT2D eigenvalue weighted by atomic mass is 10.3. The van der Waals surface area contributed by atoms with Gasteiger partial charge in [-0.3, -0.25) is 4.90 Å². The molecule has 1 saturated heterocycles. The molecular weight excluding hydrogens is 248 g/mol. The van der Waals surface area contributed by atoms with E-state index < -0.39 is 0 Å². The summed E-state index contributed by atoms with van der Waals surface area (Å²) in [5, 5.41) is 6.48. The van der Waals surface area contributed by atoms with Gasteiger partial charge < -0.3 is 20.1 Å². The molecule has 0 bridgehead atoms. The number of hydrogen-bond donors (Lipinski definition) is 2. The Morgan fingerprint density at radius 1 is 1.11 bits per heavy atom. The minimum Gasteiger partial charge on any atom is -0.467 e. The van der Waals surface area contributed by atoms with Crippen LogP contribution < -0.4 is 20.1 Å². The molecule has 8 nitrogen and oxygen atoms in total. The molecule has 1 aromatic rings. The highest BCUT2D eigenvalue weighted by Gasteiger charge is 2.10. The molecule has 2 rings (SSSR count). The minimum atomic E-state index is 0.247. The lowest BCUT2D eigenvalue weighted by Crippen LogP contribution is -2.45. The molecule has 106 valence electrons. The molecule has 0 aliphatic carbocycles. The van der Waals surface area contributed by atoms with Crippen molar-refractivity contribution in [1.82, 2.24) is 25.2 Å². The number of methoxy groups -OCH3 is 2. The van der Waals surface area contributed by atoms with E-state index in [2.05, 4.69) is 30.5 Å². The van der Waals surface area contributed by atoms with Crippen molar-refractivity contribution in [2.45, 2.75) is 0 Å². The summed E-state index contributed by atoms with van der Waals surface area (Å²) in [5.41, 5.74) is 0. The average molecular weight is 268 g/mol. The summed E-state index contributed by atoms with van der Waals surface area (Å²) in [6, 6.07) is 0.494. The fraction of sp³-hybridized carbons (Fsp3) is 0.727. The molecule has 2 heterocycles. The van der Waals surface area contributed by atoms with Crippen LogP contribution in [0.2, 0.25) is 0 Å². The maximum atomic E-state index is 4.99. The molecule has 0 spiro atoms. The van der Waals surface area contributed by atoms with Crippen molar-refractivity contribution < 1.29 is 9.47 Å². The van der Waals surface area contributed by atoms with Crippen molar-refractivity contribution in [3.8, 4) is 12.0 Å². The smallest absolute Gasteiger partial charge is 0.324 e. The fourth-order valence-electron chi connectivity index (χ4n) is 1.86. The van der Waals surface area contributed by atoms with Crippen molar-refractivity contribution in [2.24, 2.45) is 0 Å². The van der Waals surface area contributed by atoms with Crippen LogP contribution in [0.25, 0.3) is 0 Å². The van der Waals surface area contributed by atoms with E-state index in [9.17, 15) is 0 Å². The van der Waals surface area contributed by atoms with Crippen LogP contribution in [-0.2, 0) is 0 Å². The van der Waals surface area contributed by atoms with Crippen molar-refractivity contribution in [3.05, 3.63) is 0 Å². The number of hydrogen-bond acceptors (Lipinski definition) is 8. The van der Waals surface area contributed by atoms with E-state index in [1.54, 1.807) is 0 Å². The Labute approximate surface area is 112 Å². The van der Waals surface area contributed by atoms with E-state index in [0.29, 0.717) is 5.95 Å². The van der Waals surface area contributed by atoms with Gasteiger partial charge in [0, 0.05) is 39.3 Å². The summed E-state index contributed by atoms with van der Waals surface area (Å²) >= 11 is 0. The van der Waals surface area contributed by atoms with E-state index in [4.69, 9.17) is 9.47 Å². The lowest BCUT2D eigenvalue weighted by molar-refractivity contribution is 0.249. The van der Waals surface area contributed by atoms with Crippen LogP contribution in [0.4, 0.5) is 5.95 Å². The van der Waals surface area contributed by atoms with Crippen LogP contribution >= 0.6 is 0 Å². The number of piperazine rings is 1. The Balaban J connectivity index is 1.84. The topological polar surface area (TPSA) is 84.4 Å². The third-order valence-corrected chi connectivity index (χ3v) is 2.88. The van der Waals surface area contributed by atoms with Crippen LogP contribution in [-0.4, -0.2) is 73.3 Å². The van der Waals surface area contributed by atoms with Crippen LogP contribution in [0, 0.1) is 0 Å². The molecule has 1 aliphatic rings. The summed E-state index contributed by atoms with van der Waals surface area (Å²) in [4.78, 5) is 14.6. The zero-order valence-corrected chi connectivity index (χ0v) is 11.3. The van der Waals surface area contributed by atoms with Crippen LogP contribution in [0.1, 0.15) is 0 Å². The molecule has 8 heteroatoms. The summed E-state index contributed by atoms with van der Waals surface area (Å²) < 4.78 is 9.99. The molecule has 19 heavy (non-hydrogen) atoms. The third kappa shape index (κ3) is 4.18. The first-order valence-electron chi connectivity index (χ1n) is 6.33. The van der Waals surface area contributed by atoms with Gasteiger partial charge in [-0.2, -0.15) is 9.97 Å². The van der Waals surface area contributed by atoms with Gasteiger partial charge in [0.25, 0.3) is 0 Å². The first-order valence-corrected chi connectivity index (χ1v) is 6.33. The van der Waals surface area contributed by atoms with Gasteiger partial charge in [-0.15, -0.1) is 4.98 Å². The normalized spacial score (nSPS) is 16.1. The van der Waals surface area contributed by atoms with Gasteiger partial charge in [-0.25, -0.2) is 0 Å². The third-order valence-electron chi connectivity index (χ3n) is 2.88. The van der Waals surface area contributed by atoms with Gasteiger partial charge in [0.15, 0.2) is 0 Å². The molecule has 0 atom stereocenters. The molecule has 1 fully saturated rings. The maximum Gasteiger partial charge on any atom is 0.324 e. The van der Waals surface area contributed by atoms with Gasteiger partial charge >= 0.3 is 12.0 Å². The second kappa shape index (κ2) is 7.05. The van der Waals surface area contributed by atoms with E-state index in [1.807, 2.05) is 0 Å². The number of anilines is 1. The lowest BCUT2D eigenvalue weighted by Gasteiger charge is -2.27. The SMILES string of the molecule is COc1nc(NCCN2CCNCC2)nc(OC)n1. The van der Waals surface area contributed by atoms with Crippen molar-refractivity contribution in [1.29, 1.82) is 0 Å². The second-order valence-corrected chi connectivity index (χ2v) is 4.15. The Hall–Kier alpha value is -1.67. The van der Waals surface area contributed by atoms with Gasteiger partial charge in [-0.05, 0) is 0 Å². The largest absolute Gasteiger partial charge is 0.467 e. The first kappa shape index (κ1) is 13.8. The van der Waals surface area contributed by atoms with Crippen molar-refractivity contribution >= 4 is 5.95 Å². The fourth-order valence-corrected chi connectivity index (χ4v) is 1.86. The summed E-state index contributed by atoms with van der Waals surface area (Å²) in [6.07, 6.45) is 0. The Morgan fingerprint density at radius 3 is 2.32 bits per heavy atom. The van der Waals surface area contributed by atoms with Crippen molar-refractivity contribution in [3.63, 3.8) is 0 Å². The number of ether oxygens (including phenoxy) is 2. The molecule has 1 aromatic heterocycles. The minimum absolute atomic E-state index is 0.247. The molecule has 2 N–H and O–H groups in total.